The summed E-state index contributed by atoms with van der Waals surface area (Å²) in [6.45, 7) is 7.78. The third-order valence-electron chi connectivity index (χ3n) is 5.75. The second-order valence-electron chi connectivity index (χ2n) is 8.16. The van der Waals surface area contributed by atoms with Crippen LogP contribution in [0.4, 0.5) is 5.69 Å². The molecule has 0 aromatic heterocycles. The maximum atomic E-state index is 13.6. The van der Waals surface area contributed by atoms with Gasteiger partial charge in [0.15, 0.2) is 0 Å². The summed E-state index contributed by atoms with van der Waals surface area (Å²) in [5.41, 5.74) is 4.48. The first-order chi connectivity index (χ1) is 13.9. The van der Waals surface area contributed by atoms with Crippen molar-refractivity contribution >= 4 is 34.7 Å². The van der Waals surface area contributed by atoms with Crippen molar-refractivity contribution in [3.63, 3.8) is 0 Å². The molecule has 1 fully saturated rings. The molecule has 0 aliphatic carbocycles. The average Bonchev–Trinajstić information content (AvgIpc) is 2.92. The van der Waals surface area contributed by atoms with E-state index in [1.165, 1.54) is 4.90 Å². The molecule has 0 bridgehead atoms. The van der Waals surface area contributed by atoms with Crippen LogP contribution in [0.15, 0.2) is 48.2 Å². The second kappa shape index (κ2) is 7.68. The predicted molar refractivity (Wildman–Crippen MR) is 117 cm³/mol. The third-order valence-corrected chi connectivity index (χ3v) is 5.99. The van der Waals surface area contributed by atoms with Crippen molar-refractivity contribution in [2.24, 2.45) is 5.92 Å². The molecule has 1 atom stereocenters. The number of carbonyl (C=O) groups is 2. The van der Waals surface area contributed by atoms with Crippen LogP contribution in [0.3, 0.4) is 0 Å². The van der Waals surface area contributed by atoms with E-state index in [1.807, 2.05) is 26.0 Å². The van der Waals surface area contributed by atoms with E-state index >= 15 is 0 Å². The fourth-order valence-corrected chi connectivity index (χ4v) is 4.58. The zero-order valence-electron chi connectivity index (χ0n) is 17.0. The highest BCUT2D eigenvalue weighted by Crippen LogP contribution is 2.38. The van der Waals surface area contributed by atoms with Gasteiger partial charge in [0.1, 0.15) is 5.70 Å². The Bertz CT molecular complexity index is 1030. The summed E-state index contributed by atoms with van der Waals surface area (Å²) >= 11 is 6.15. The second-order valence-corrected chi connectivity index (χ2v) is 8.60. The van der Waals surface area contributed by atoms with Crippen LogP contribution >= 0.6 is 11.6 Å². The lowest BCUT2D eigenvalue weighted by Gasteiger charge is -2.33. The van der Waals surface area contributed by atoms with Gasteiger partial charge in [-0.1, -0.05) is 48.4 Å². The number of benzene rings is 2. The lowest BCUT2D eigenvalue weighted by Crippen LogP contribution is -2.39. The molecule has 4 rings (SSSR count). The lowest BCUT2D eigenvalue weighted by molar-refractivity contribution is -0.120. The zero-order chi connectivity index (χ0) is 20.7. The smallest absolute Gasteiger partial charge is 0.282 e. The number of rotatable bonds is 3. The van der Waals surface area contributed by atoms with E-state index in [0.29, 0.717) is 27.9 Å². The number of amides is 2. The molecule has 2 heterocycles. The van der Waals surface area contributed by atoms with E-state index in [9.17, 15) is 9.59 Å². The minimum Gasteiger partial charge on any atom is -0.366 e. The van der Waals surface area contributed by atoms with Crippen LogP contribution < -0.4 is 4.90 Å². The van der Waals surface area contributed by atoms with Gasteiger partial charge in [0.05, 0.1) is 11.3 Å². The molecule has 5 heteroatoms. The van der Waals surface area contributed by atoms with Crippen LogP contribution in [0.25, 0.3) is 5.57 Å². The van der Waals surface area contributed by atoms with Gasteiger partial charge in [-0.25, -0.2) is 4.90 Å². The molecule has 1 saturated heterocycles. The van der Waals surface area contributed by atoms with Gasteiger partial charge >= 0.3 is 0 Å². The van der Waals surface area contributed by atoms with Crippen LogP contribution in [0.5, 0.6) is 0 Å². The summed E-state index contributed by atoms with van der Waals surface area (Å²) in [6, 6.07) is 12.9. The van der Waals surface area contributed by atoms with Crippen molar-refractivity contribution in [1.82, 2.24) is 4.90 Å². The van der Waals surface area contributed by atoms with E-state index in [1.54, 1.807) is 24.3 Å². The normalized spacial score (nSPS) is 20.1. The average molecular weight is 409 g/mol. The molecule has 2 amide bonds. The molecular weight excluding hydrogens is 384 g/mol. The number of likely N-dealkylation sites (tertiary alicyclic amines) is 1. The summed E-state index contributed by atoms with van der Waals surface area (Å²) in [7, 11) is 0. The number of halogens is 1. The van der Waals surface area contributed by atoms with Crippen molar-refractivity contribution in [2.75, 3.05) is 18.0 Å². The Morgan fingerprint density at radius 1 is 1.03 bits per heavy atom. The number of hydrogen-bond donors (Lipinski definition) is 0. The molecule has 0 saturated carbocycles. The Morgan fingerprint density at radius 3 is 2.52 bits per heavy atom. The number of hydrogen-bond acceptors (Lipinski definition) is 3. The van der Waals surface area contributed by atoms with Crippen molar-refractivity contribution in [3.8, 4) is 0 Å². The molecule has 150 valence electrons. The molecule has 29 heavy (non-hydrogen) atoms. The van der Waals surface area contributed by atoms with Crippen molar-refractivity contribution in [2.45, 2.75) is 33.6 Å². The quantitative estimate of drug-likeness (QED) is 0.673. The van der Waals surface area contributed by atoms with E-state index in [-0.39, 0.29) is 11.8 Å². The van der Waals surface area contributed by atoms with E-state index in [2.05, 4.69) is 17.9 Å². The van der Waals surface area contributed by atoms with Crippen LogP contribution in [0, 0.1) is 19.8 Å². The molecule has 0 radical (unpaired) electrons. The third kappa shape index (κ3) is 3.58. The van der Waals surface area contributed by atoms with Gasteiger partial charge in [-0.3, -0.25) is 9.59 Å². The number of carbonyl (C=O) groups excluding carboxylic acids is 2. The first kappa shape index (κ1) is 19.7. The fourth-order valence-electron chi connectivity index (χ4n) is 4.39. The molecule has 2 aromatic rings. The summed E-state index contributed by atoms with van der Waals surface area (Å²) < 4.78 is 0. The Morgan fingerprint density at radius 2 is 1.83 bits per heavy atom. The van der Waals surface area contributed by atoms with Crippen LogP contribution in [0.2, 0.25) is 5.02 Å². The number of imide groups is 1. The van der Waals surface area contributed by atoms with Gasteiger partial charge in [-0.2, -0.15) is 0 Å². The number of anilines is 1. The maximum Gasteiger partial charge on any atom is 0.282 e. The first-order valence-electron chi connectivity index (χ1n) is 10.1. The standard InChI is InChI=1S/C24H25ClN2O2/c1-15-9-10-20(17(3)12-15)21-22(26-11-5-6-16(2)14-26)24(29)27(23(21)28)19-8-4-7-18(25)13-19/h4,7-10,12-13,16H,5-6,11,14H2,1-3H3. The van der Waals surface area contributed by atoms with Gasteiger partial charge in [-0.05, 0) is 61.9 Å². The molecular formula is C24H25ClN2O2. The summed E-state index contributed by atoms with van der Waals surface area (Å²) in [5.74, 6) is -0.0569. The Labute approximate surface area is 176 Å². The Kier molecular flexibility index (Phi) is 5.22. The predicted octanol–water partition coefficient (Wildman–Crippen LogP) is 4.97. The molecule has 4 nitrogen and oxygen atoms in total. The monoisotopic (exact) mass is 408 g/mol. The highest BCUT2D eigenvalue weighted by molar-refractivity contribution is 6.45. The molecule has 0 N–H and O–H groups in total. The lowest BCUT2D eigenvalue weighted by atomic mass is 9.95. The van der Waals surface area contributed by atoms with Crippen molar-refractivity contribution in [1.29, 1.82) is 0 Å². The summed E-state index contributed by atoms with van der Waals surface area (Å²) in [4.78, 5) is 30.5. The molecule has 2 aliphatic rings. The topological polar surface area (TPSA) is 40.6 Å². The highest BCUT2D eigenvalue weighted by Gasteiger charge is 2.43. The van der Waals surface area contributed by atoms with Crippen LogP contribution in [-0.4, -0.2) is 29.8 Å². The Hall–Kier alpha value is -2.59. The van der Waals surface area contributed by atoms with Gasteiger partial charge in [0.2, 0.25) is 0 Å². The number of nitrogens with zero attached hydrogens (tertiary/aromatic N) is 2. The van der Waals surface area contributed by atoms with Crippen molar-refractivity contribution < 1.29 is 9.59 Å². The van der Waals surface area contributed by atoms with Crippen molar-refractivity contribution in [3.05, 3.63) is 69.9 Å². The summed E-state index contributed by atoms with van der Waals surface area (Å²) in [5, 5.41) is 0.496. The molecule has 0 spiro atoms. The van der Waals surface area contributed by atoms with Gasteiger partial charge in [0.25, 0.3) is 11.8 Å². The molecule has 1 unspecified atom stereocenters. The SMILES string of the molecule is Cc1ccc(C2=C(N3CCCC(C)C3)C(=O)N(c3cccc(Cl)c3)C2=O)c(C)c1. The first-order valence-corrected chi connectivity index (χ1v) is 10.5. The number of aryl methyl sites for hydroxylation is 2. The van der Waals surface area contributed by atoms with E-state index in [4.69, 9.17) is 11.6 Å². The van der Waals surface area contributed by atoms with Crippen LogP contribution in [-0.2, 0) is 9.59 Å². The van der Waals surface area contributed by atoms with E-state index < -0.39 is 0 Å². The zero-order valence-corrected chi connectivity index (χ0v) is 17.8. The molecule has 2 aliphatic heterocycles. The van der Waals surface area contributed by atoms with Gasteiger partial charge < -0.3 is 4.90 Å². The Balaban J connectivity index is 1.87. The van der Waals surface area contributed by atoms with Gasteiger partial charge in [0, 0.05) is 18.1 Å². The maximum absolute atomic E-state index is 13.6. The van der Waals surface area contributed by atoms with E-state index in [0.717, 1.165) is 42.6 Å². The van der Waals surface area contributed by atoms with Crippen LogP contribution in [0.1, 0.15) is 36.5 Å². The number of piperidine rings is 1. The fraction of sp³-hybridized carbons (Fsp3) is 0.333. The minimum absolute atomic E-state index is 0.263. The molecule has 2 aromatic carbocycles. The summed E-state index contributed by atoms with van der Waals surface area (Å²) in [6.07, 6.45) is 2.16. The highest BCUT2D eigenvalue weighted by atomic mass is 35.5. The largest absolute Gasteiger partial charge is 0.366 e. The van der Waals surface area contributed by atoms with Gasteiger partial charge in [-0.15, -0.1) is 0 Å². The minimum atomic E-state index is -0.280.